The molecule has 27 aromatic rings. The van der Waals surface area contributed by atoms with Gasteiger partial charge in [-0.05, 0) is 200 Å². The van der Waals surface area contributed by atoms with Gasteiger partial charge in [0.2, 0.25) is 0 Å². The Labute approximate surface area is 763 Å². The van der Waals surface area contributed by atoms with E-state index in [0.29, 0.717) is 0 Å². The van der Waals surface area contributed by atoms with Gasteiger partial charge in [-0.25, -0.2) is 0 Å². The number of benzene rings is 21. The molecule has 0 aliphatic rings. The third kappa shape index (κ3) is 13.1. The summed E-state index contributed by atoms with van der Waals surface area (Å²) >= 11 is 0. The molecule has 0 unspecified atom stereocenters. The fourth-order valence-corrected chi connectivity index (χ4v) is 20.7. The molecular weight excluding hydrogens is 1600 g/mol. The van der Waals surface area contributed by atoms with Crippen LogP contribution in [-0.2, 0) is 0 Å². The summed E-state index contributed by atoms with van der Waals surface area (Å²) in [5, 5.41) is 15.2. The molecule has 0 aliphatic carbocycles. The van der Waals surface area contributed by atoms with Gasteiger partial charge in [-0.3, -0.25) is 0 Å². The molecule has 0 amide bonds. The molecule has 27 rings (SSSR count). The first-order chi connectivity index (χ1) is 65.5. The molecule has 0 aliphatic heterocycles. The maximum absolute atomic E-state index is 2.45. The van der Waals surface area contributed by atoms with Crippen LogP contribution in [0.15, 0.2) is 510 Å². The summed E-state index contributed by atoms with van der Waals surface area (Å²) in [6, 6.07) is 184. The Morgan fingerprint density at radius 2 is 0.273 bits per heavy atom. The molecule has 0 N–H and O–H groups in total. The number of para-hydroxylation sites is 6. The number of hydrogen-bond donors (Lipinski definition) is 0. The topological polar surface area (TPSA) is 29.6 Å². The van der Waals surface area contributed by atoms with Gasteiger partial charge in [-0.15, -0.1) is 0 Å². The van der Waals surface area contributed by atoms with Crippen molar-refractivity contribution in [2.75, 3.05) is 0 Å². The van der Waals surface area contributed by atoms with Crippen molar-refractivity contribution in [3.05, 3.63) is 510 Å². The number of hydrogen-bond acceptors (Lipinski definition) is 0. The highest BCUT2D eigenvalue weighted by Gasteiger charge is 2.26. The van der Waals surface area contributed by atoms with Crippen LogP contribution >= 0.6 is 0 Å². The third-order valence-electron chi connectivity index (χ3n) is 26.8. The van der Waals surface area contributed by atoms with Gasteiger partial charge in [0.25, 0.3) is 0 Å². The van der Waals surface area contributed by atoms with E-state index in [1.54, 1.807) is 0 Å². The van der Waals surface area contributed by atoms with Gasteiger partial charge >= 0.3 is 0 Å². The van der Waals surface area contributed by atoms with Crippen molar-refractivity contribution >= 4 is 131 Å². The van der Waals surface area contributed by atoms with Crippen molar-refractivity contribution in [3.63, 3.8) is 0 Å². The van der Waals surface area contributed by atoms with E-state index in [-0.39, 0.29) is 0 Å². The smallest absolute Gasteiger partial charge is 0.0788 e. The maximum atomic E-state index is 2.45. The molecule has 0 bridgehead atoms. The molecule has 6 nitrogen and oxygen atoms in total. The van der Waals surface area contributed by atoms with Crippen molar-refractivity contribution in [3.8, 4) is 101 Å². The van der Waals surface area contributed by atoms with Gasteiger partial charge in [0.05, 0.1) is 66.2 Å². The SMILES string of the molecule is c1ccc(-c2ccc(-n3c4ccccc4c4c5c6ccccc6n(-c6ccc(-c7ccccc7)cc6)c5ccc43)cc2)cc1.c1ccc(-c2ccc(-n3c4ccccc4c4cc5c(cc43)c3ccccc3n5-c3ccc(-c4ccccc4)cc3)cc2)cc1.c1ccc(-c2ccc(-n3c4ccccc4c4ccc5c6ccccc6n(-c6ccc(-c7ccccc7)cc6)c5c43)cc2)cc1. The Hall–Kier alpha value is -17.6. The lowest BCUT2D eigenvalue weighted by molar-refractivity contribution is 1.15. The van der Waals surface area contributed by atoms with Crippen LogP contribution in [0.25, 0.3) is 232 Å². The standard InChI is InChI=1S/3C42H28N2/c1-3-11-29(12-4-1)31-19-23-33(24-20-31)43-39-17-9-7-15-35(39)37-28-42-38(27-41(37)43)36-16-8-10-18-40(36)44(42)34-25-21-32(22-26-34)30-13-5-2-6-14-30;1-3-11-29(12-4-1)31-19-23-33(24-20-31)43-39-17-9-7-15-35(39)37-27-28-38-36-16-8-10-18-40(36)44(42(38)41(37)43)34-25-21-32(22-26-34)30-13-5-2-6-14-30;1-3-11-29(12-4-1)31-19-23-33(24-20-31)43-37-17-9-7-15-35(37)41-39(43)27-28-40-42(41)36-16-8-10-18-38(36)44(40)34-25-21-32(22-26-34)30-13-5-2-6-14-30/h3*1-28H. The molecule has 618 valence electrons. The molecule has 0 radical (unpaired) electrons. The molecule has 6 heteroatoms. The van der Waals surface area contributed by atoms with E-state index in [2.05, 4.69) is 537 Å². The molecule has 6 heterocycles. The molecule has 0 saturated heterocycles. The zero-order valence-corrected chi connectivity index (χ0v) is 72.2. The average molecular weight is 1680 g/mol. The van der Waals surface area contributed by atoms with Gasteiger partial charge in [-0.1, -0.05) is 376 Å². The third-order valence-corrected chi connectivity index (χ3v) is 26.8. The van der Waals surface area contributed by atoms with Crippen molar-refractivity contribution < 1.29 is 0 Å². The van der Waals surface area contributed by atoms with E-state index in [0.717, 1.165) is 34.1 Å². The summed E-state index contributed by atoms with van der Waals surface area (Å²) < 4.78 is 14.6. The summed E-state index contributed by atoms with van der Waals surface area (Å²) in [6.45, 7) is 0. The number of rotatable bonds is 12. The van der Waals surface area contributed by atoms with Crippen LogP contribution in [0.4, 0.5) is 0 Å². The van der Waals surface area contributed by atoms with E-state index in [1.807, 2.05) is 0 Å². The first-order valence-electron chi connectivity index (χ1n) is 45.4. The van der Waals surface area contributed by atoms with Crippen LogP contribution in [0.1, 0.15) is 0 Å². The second-order valence-corrected chi connectivity index (χ2v) is 34.2. The van der Waals surface area contributed by atoms with E-state index < -0.39 is 0 Å². The van der Waals surface area contributed by atoms with Gasteiger partial charge in [0, 0.05) is 98.8 Å². The fourth-order valence-electron chi connectivity index (χ4n) is 20.7. The Morgan fingerprint density at radius 3 is 0.515 bits per heavy atom. The van der Waals surface area contributed by atoms with E-state index in [4.69, 9.17) is 0 Å². The Kier molecular flexibility index (Phi) is 18.8. The van der Waals surface area contributed by atoms with E-state index in [1.165, 1.54) is 198 Å². The predicted octanol–water partition coefficient (Wildman–Crippen LogP) is 33.6. The minimum Gasteiger partial charge on any atom is -0.309 e. The summed E-state index contributed by atoms with van der Waals surface area (Å²) in [4.78, 5) is 0. The van der Waals surface area contributed by atoms with Crippen LogP contribution in [-0.4, -0.2) is 27.4 Å². The number of nitrogens with zero attached hydrogens (tertiary/aromatic N) is 6. The van der Waals surface area contributed by atoms with E-state index >= 15 is 0 Å². The van der Waals surface area contributed by atoms with Crippen molar-refractivity contribution in [2.24, 2.45) is 0 Å². The second kappa shape index (κ2) is 32.4. The molecule has 21 aromatic carbocycles. The van der Waals surface area contributed by atoms with Gasteiger partial charge < -0.3 is 27.4 Å². The summed E-state index contributed by atoms with van der Waals surface area (Å²) in [5.74, 6) is 0. The first-order valence-corrected chi connectivity index (χ1v) is 45.4. The van der Waals surface area contributed by atoms with Crippen LogP contribution < -0.4 is 0 Å². The maximum Gasteiger partial charge on any atom is 0.0788 e. The van der Waals surface area contributed by atoms with Gasteiger partial charge in [-0.2, -0.15) is 0 Å². The summed E-state index contributed by atoms with van der Waals surface area (Å²) in [5.41, 5.74) is 36.2. The lowest BCUT2D eigenvalue weighted by atomic mass is 10.1. The lowest BCUT2D eigenvalue weighted by Gasteiger charge is -2.13. The normalized spacial score (nSPS) is 11.6. The minimum atomic E-state index is 1.15. The van der Waals surface area contributed by atoms with Crippen LogP contribution in [0.3, 0.4) is 0 Å². The molecule has 132 heavy (non-hydrogen) atoms. The van der Waals surface area contributed by atoms with Gasteiger partial charge in [0.1, 0.15) is 0 Å². The molecule has 6 aromatic heterocycles. The Morgan fingerprint density at radius 1 is 0.0985 bits per heavy atom. The lowest BCUT2D eigenvalue weighted by Crippen LogP contribution is -1.98. The highest BCUT2D eigenvalue weighted by atomic mass is 15.1. The van der Waals surface area contributed by atoms with E-state index in [9.17, 15) is 0 Å². The Balaban J connectivity index is 0.000000106. The molecular formula is C126H84N6. The highest BCUT2D eigenvalue weighted by molar-refractivity contribution is 6.29. The largest absolute Gasteiger partial charge is 0.309 e. The van der Waals surface area contributed by atoms with Crippen LogP contribution in [0.2, 0.25) is 0 Å². The zero-order valence-electron chi connectivity index (χ0n) is 72.2. The number of aromatic nitrogens is 6. The molecule has 0 fully saturated rings. The minimum absolute atomic E-state index is 1.15. The predicted molar refractivity (Wildman–Crippen MR) is 558 cm³/mol. The quantitative estimate of drug-likeness (QED) is 0.117. The molecule has 0 atom stereocenters. The molecule has 0 spiro atoms. The van der Waals surface area contributed by atoms with Crippen LogP contribution in [0, 0.1) is 0 Å². The zero-order chi connectivity index (χ0) is 87.1. The monoisotopic (exact) mass is 1680 g/mol. The highest BCUT2D eigenvalue weighted by Crippen LogP contribution is 2.47. The Bertz CT molecular complexity index is 8300. The summed E-state index contributed by atoms with van der Waals surface area (Å²) in [7, 11) is 0. The van der Waals surface area contributed by atoms with Gasteiger partial charge in [0.15, 0.2) is 0 Å². The number of fused-ring (bicyclic) bond motifs is 20. The summed E-state index contributed by atoms with van der Waals surface area (Å²) in [6.07, 6.45) is 0. The van der Waals surface area contributed by atoms with Crippen molar-refractivity contribution in [1.82, 2.24) is 27.4 Å². The second-order valence-electron chi connectivity index (χ2n) is 34.2. The van der Waals surface area contributed by atoms with Crippen molar-refractivity contribution in [1.29, 1.82) is 0 Å². The average Bonchev–Trinajstić information content (AvgIpc) is 1.55. The van der Waals surface area contributed by atoms with Crippen molar-refractivity contribution in [2.45, 2.75) is 0 Å². The first kappa shape index (κ1) is 76.8. The fraction of sp³-hybridized carbons (Fsp3) is 0. The van der Waals surface area contributed by atoms with Crippen LogP contribution in [0.5, 0.6) is 0 Å². The molecule has 0 saturated carbocycles.